The highest BCUT2D eigenvalue weighted by molar-refractivity contribution is 7.89. The smallest absolute Gasteiger partial charge is 0.347 e. The number of carboxylic acid groups (broad SMARTS) is 1. The monoisotopic (exact) mass is 576 g/mol. The Morgan fingerprint density at radius 2 is 1.37 bits per heavy atom. The van der Waals surface area contributed by atoms with Crippen molar-refractivity contribution in [2.45, 2.75) is 17.7 Å². The Morgan fingerprint density at radius 1 is 0.805 bits per heavy atom. The number of benzene rings is 4. The number of nitrogens with zero attached hydrogens (tertiary/aromatic N) is 1. The van der Waals surface area contributed by atoms with Crippen LogP contribution in [0, 0.1) is 0 Å². The van der Waals surface area contributed by atoms with Crippen molar-refractivity contribution < 1.29 is 37.7 Å². The van der Waals surface area contributed by atoms with Gasteiger partial charge < -0.3 is 24.6 Å². The first-order chi connectivity index (χ1) is 19.6. The minimum Gasteiger partial charge on any atom is -0.507 e. The number of primary sulfonamides is 1. The van der Waals surface area contributed by atoms with Crippen molar-refractivity contribution in [3.63, 3.8) is 0 Å². The highest BCUT2D eigenvalue weighted by Gasteiger charge is 2.27. The van der Waals surface area contributed by atoms with Crippen LogP contribution >= 0.6 is 0 Å². The van der Waals surface area contributed by atoms with Crippen LogP contribution in [0.25, 0.3) is 0 Å². The molecule has 5 rings (SSSR count). The molecule has 1 aliphatic heterocycles. The topological polar surface area (TPSA) is 156 Å². The van der Waals surface area contributed by atoms with Crippen molar-refractivity contribution in [1.29, 1.82) is 0 Å². The van der Waals surface area contributed by atoms with Gasteiger partial charge in [-0.3, -0.25) is 0 Å². The first kappa shape index (κ1) is 29.1. The van der Waals surface area contributed by atoms with E-state index in [1.807, 2.05) is 17.0 Å². The van der Waals surface area contributed by atoms with E-state index in [1.54, 1.807) is 60.7 Å². The first-order valence-corrected chi connectivity index (χ1v) is 14.2. The van der Waals surface area contributed by atoms with Gasteiger partial charge in [0.05, 0.1) is 11.3 Å². The number of carboxylic acids is 1. The molecular formula is C30H28N2O8S. The van der Waals surface area contributed by atoms with E-state index in [4.69, 9.17) is 14.6 Å². The number of rotatable bonds is 7. The van der Waals surface area contributed by atoms with Gasteiger partial charge in [0, 0.05) is 13.1 Å². The third-order valence-electron chi connectivity index (χ3n) is 6.08. The van der Waals surface area contributed by atoms with Crippen LogP contribution in [0.3, 0.4) is 0 Å². The normalized spacial score (nSPS) is 12.7. The van der Waals surface area contributed by atoms with Gasteiger partial charge in [0.1, 0.15) is 27.7 Å². The Labute approximate surface area is 237 Å². The second kappa shape index (κ2) is 13.0. The molecule has 1 saturated heterocycles. The molecule has 0 amide bonds. The van der Waals surface area contributed by atoms with Crippen molar-refractivity contribution in [3.8, 4) is 23.0 Å². The molecule has 4 aromatic carbocycles. The summed E-state index contributed by atoms with van der Waals surface area (Å²) in [6.07, 6.45) is 1.87. The summed E-state index contributed by atoms with van der Waals surface area (Å²) in [7, 11) is -4.18. The average Bonchev–Trinajstić information content (AvgIpc) is 3.49. The number of ether oxygens (including phenoxy) is 2. The Balaban J connectivity index is 0.000000208. The van der Waals surface area contributed by atoms with Gasteiger partial charge in [0.25, 0.3) is 0 Å². The second-order valence-electron chi connectivity index (χ2n) is 9.00. The first-order valence-electron chi connectivity index (χ1n) is 12.6. The molecule has 0 radical (unpaired) electrons. The number of sulfonamides is 1. The van der Waals surface area contributed by atoms with Gasteiger partial charge in [0.2, 0.25) is 10.0 Å². The average molecular weight is 577 g/mol. The molecule has 0 saturated carbocycles. The third kappa shape index (κ3) is 7.62. The number of esters is 1. The van der Waals surface area contributed by atoms with Crippen LogP contribution in [0.5, 0.6) is 23.0 Å². The van der Waals surface area contributed by atoms with Crippen LogP contribution in [0.4, 0.5) is 5.69 Å². The van der Waals surface area contributed by atoms with Crippen LogP contribution in [-0.4, -0.2) is 43.7 Å². The number of carbonyl (C=O) groups is 2. The maximum absolute atomic E-state index is 12.1. The maximum Gasteiger partial charge on any atom is 0.347 e. The Kier molecular flexibility index (Phi) is 9.23. The summed E-state index contributed by atoms with van der Waals surface area (Å²) < 4.78 is 35.0. The van der Waals surface area contributed by atoms with Gasteiger partial charge in [-0.2, -0.15) is 0 Å². The number of hydrogen-bond donors (Lipinski definition) is 3. The second-order valence-corrected chi connectivity index (χ2v) is 10.5. The number of anilines is 1. The summed E-state index contributed by atoms with van der Waals surface area (Å²) in [5.41, 5.74) is 0.433. The Hall–Kier alpha value is -4.87. The van der Waals surface area contributed by atoms with Crippen LogP contribution in [0.1, 0.15) is 33.6 Å². The molecule has 0 unspecified atom stereocenters. The predicted octanol–water partition coefficient (Wildman–Crippen LogP) is 5.04. The van der Waals surface area contributed by atoms with Gasteiger partial charge in [-0.25, -0.2) is 23.1 Å². The maximum atomic E-state index is 12.1. The molecule has 4 N–H and O–H groups in total. The Bertz CT molecular complexity index is 1620. The van der Waals surface area contributed by atoms with E-state index in [2.05, 4.69) is 0 Å². The van der Waals surface area contributed by atoms with Crippen molar-refractivity contribution in [2.75, 3.05) is 18.0 Å². The van der Waals surface area contributed by atoms with Crippen LogP contribution in [0.2, 0.25) is 0 Å². The number of para-hydroxylation sites is 3. The van der Waals surface area contributed by atoms with Crippen molar-refractivity contribution in [3.05, 3.63) is 108 Å². The van der Waals surface area contributed by atoms with Crippen molar-refractivity contribution in [1.82, 2.24) is 0 Å². The van der Waals surface area contributed by atoms with E-state index in [-0.39, 0.29) is 27.5 Å². The number of hydrogen-bond acceptors (Lipinski definition) is 8. The molecule has 11 heteroatoms. The molecule has 0 aliphatic carbocycles. The predicted molar refractivity (Wildman–Crippen MR) is 152 cm³/mol. The zero-order valence-corrected chi connectivity index (χ0v) is 22.7. The fourth-order valence-corrected chi connectivity index (χ4v) is 4.82. The number of phenolic OH excluding ortho intramolecular Hbond substituents is 1. The molecular weight excluding hydrogens is 548 g/mol. The molecule has 0 aromatic heterocycles. The lowest BCUT2D eigenvalue weighted by atomic mass is 10.1. The molecule has 0 atom stereocenters. The molecule has 1 aliphatic rings. The van der Waals surface area contributed by atoms with E-state index in [9.17, 15) is 28.2 Å². The lowest BCUT2D eigenvalue weighted by Crippen LogP contribution is -2.21. The van der Waals surface area contributed by atoms with E-state index < -0.39 is 22.0 Å². The van der Waals surface area contributed by atoms with E-state index in [0.717, 1.165) is 18.9 Å². The molecule has 41 heavy (non-hydrogen) atoms. The summed E-state index contributed by atoms with van der Waals surface area (Å²) in [4.78, 5) is 24.7. The van der Waals surface area contributed by atoms with Crippen LogP contribution in [-0.2, 0) is 10.0 Å². The van der Waals surface area contributed by atoms with Crippen LogP contribution < -0.4 is 19.5 Å². The largest absolute Gasteiger partial charge is 0.507 e. The molecule has 1 heterocycles. The van der Waals surface area contributed by atoms with E-state index >= 15 is 0 Å². The van der Waals surface area contributed by atoms with Crippen molar-refractivity contribution >= 4 is 27.6 Å². The van der Waals surface area contributed by atoms with Gasteiger partial charge >= 0.3 is 11.9 Å². The third-order valence-corrected chi connectivity index (χ3v) is 6.99. The molecule has 10 nitrogen and oxygen atoms in total. The molecule has 0 bridgehead atoms. The number of phenols is 1. The summed E-state index contributed by atoms with van der Waals surface area (Å²) >= 11 is 0. The number of aromatic carboxylic acids is 1. The minimum absolute atomic E-state index is 0.0561. The summed E-state index contributed by atoms with van der Waals surface area (Å²) in [5.74, 6) is -0.920. The fraction of sp³-hybridized carbons (Fsp3) is 0.133. The molecule has 212 valence electrons. The highest BCUT2D eigenvalue weighted by Crippen LogP contribution is 2.40. The number of aromatic hydroxyl groups is 1. The van der Waals surface area contributed by atoms with Crippen LogP contribution in [0.15, 0.2) is 102 Å². The minimum atomic E-state index is -4.18. The number of carbonyl (C=O) groups excluding carboxylic acids is 1. The standard InChI is InChI=1S/C17H18N2O5S.C13H10O3/c18-25(22,23)15-11-12(17(20)21)10-14(19-8-4-5-9-19)16(15)24-13-6-2-1-3-7-13;14-12-9-5-4-8-11(12)13(15)16-10-6-2-1-3-7-10/h1-3,6-7,10-11H,4-5,8-9H2,(H,20,21)(H2,18,22,23);1-9,14H. The lowest BCUT2D eigenvalue weighted by Gasteiger charge is -2.23. The number of nitrogens with two attached hydrogens (primary N) is 1. The highest BCUT2D eigenvalue weighted by atomic mass is 32.2. The van der Waals surface area contributed by atoms with Crippen molar-refractivity contribution in [2.24, 2.45) is 5.14 Å². The van der Waals surface area contributed by atoms with Gasteiger partial charge in [-0.15, -0.1) is 0 Å². The quantitative estimate of drug-likeness (QED) is 0.203. The molecule has 1 fully saturated rings. The summed E-state index contributed by atoms with van der Waals surface area (Å²) in [6.45, 7) is 1.39. The molecule has 0 spiro atoms. The molecule has 4 aromatic rings. The SMILES string of the molecule is NS(=O)(=O)c1cc(C(=O)O)cc(N2CCCC2)c1Oc1ccccc1.O=C(Oc1ccccc1)c1ccccc1O. The van der Waals surface area contributed by atoms with Gasteiger partial charge in [0.15, 0.2) is 5.75 Å². The Morgan fingerprint density at radius 3 is 1.93 bits per heavy atom. The van der Waals surface area contributed by atoms with E-state index in [1.165, 1.54) is 18.2 Å². The van der Waals surface area contributed by atoms with E-state index in [0.29, 0.717) is 30.3 Å². The van der Waals surface area contributed by atoms with Gasteiger partial charge in [-0.1, -0.05) is 48.5 Å². The summed E-state index contributed by atoms with van der Waals surface area (Å²) in [6, 6.07) is 26.2. The summed E-state index contributed by atoms with van der Waals surface area (Å²) in [5, 5.41) is 24.1. The fourth-order valence-electron chi connectivity index (χ4n) is 4.12. The van der Waals surface area contributed by atoms with Gasteiger partial charge in [-0.05, 0) is 61.4 Å². The lowest BCUT2D eigenvalue weighted by molar-refractivity contribution is 0.0693. The zero-order chi connectivity index (χ0) is 29.4. The zero-order valence-electron chi connectivity index (χ0n) is 21.8.